The first-order valence-electron chi connectivity index (χ1n) is 5.12. The molecule has 0 bridgehead atoms. The van der Waals surface area contributed by atoms with Gasteiger partial charge in [-0.1, -0.05) is 0 Å². The Kier molecular flexibility index (Phi) is 4.94. The molecule has 1 rings (SSSR count). The van der Waals surface area contributed by atoms with Crippen molar-refractivity contribution in [1.82, 2.24) is 0 Å². The number of ether oxygens (including phenoxy) is 1. The summed E-state index contributed by atoms with van der Waals surface area (Å²) in [7, 11) is -3.11. The van der Waals surface area contributed by atoms with E-state index in [2.05, 4.69) is 15.9 Å². The van der Waals surface area contributed by atoms with E-state index in [1.165, 1.54) is 12.1 Å². The van der Waals surface area contributed by atoms with Crippen molar-refractivity contribution in [2.45, 2.75) is 19.1 Å². The molecule has 1 aromatic carbocycles. The zero-order chi connectivity index (χ0) is 13.1. The third kappa shape index (κ3) is 4.27. The van der Waals surface area contributed by atoms with Crippen LogP contribution in [0.25, 0.3) is 0 Å². The molecule has 0 fully saturated rings. The fraction of sp³-hybridized carbons (Fsp3) is 0.455. The molecular formula is C11H14BrFO3S. The van der Waals surface area contributed by atoms with Crippen LogP contribution in [0.2, 0.25) is 0 Å². The predicted molar refractivity (Wildman–Crippen MR) is 68.5 cm³/mol. The average molecular weight is 325 g/mol. The summed E-state index contributed by atoms with van der Waals surface area (Å²) in [5, 5.41) is -0.423. The molecule has 0 aliphatic rings. The minimum Gasteiger partial charge on any atom is -0.492 e. The van der Waals surface area contributed by atoms with Crippen molar-refractivity contribution in [1.29, 1.82) is 0 Å². The minimum atomic E-state index is -3.11. The van der Waals surface area contributed by atoms with Crippen molar-refractivity contribution in [3.8, 4) is 5.75 Å². The third-order valence-corrected chi connectivity index (χ3v) is 5.06. The molecule has 17 heavy (non-hydrogen) atoms. The van der Waals surface area contributed by atoms with E-state index in [4.69, 9.17) is 4.74 Å². The van der Waals surface area contributed by atoms with Crippen LogP contribution < -0.4 is 4.74 Å². The van der Waals surface area contributed by atoms with E-state index in [-0.39, 0.29) is 12.4 Å². The summed E-state index contributed by atoms with van der Waals surface area (Å²) in [6, 6.07) is 4.31. The number of rotatable bonds is 5. The van der Waals surface area contributed by atoms with E-state index in [1.54, 1.807) is 19.9 Å². The van der Waals surface area contributed by atoms with Crippen molar-refractivity contribution < 1.29 is 17.5 Å². The maximum absolute atomic E-state index is 13.1. The lowest BCUT2D eigenvalue weighted by Crippen LogP contribution is -2.22. The lowest BCUT2D eigenvalue weighted by molar-refractivity contribution is 0.338. The smallest absolute Gasteiger partial charge is 0.155 e. The van der Waals surface area contributed by atoms with Crippen molar-refractivity contribution in [2.24, 2.45) is 0 Å². The molecule has 0 aliphatic heterocycles. The SMILES string of the molecule is CC(C)S(=O)(=O)CCOc1ccc(Br)c(F)c1. The van der Waals surface area contributed by atoms with E-state index in [0.717, 1.165) is 0 Å². The van der Waals surface area contributed by atoms with Crippen molar-refractivity contribution in [3.63, 3.8) is 0 Å². The fourth-order valence-corrected chi connectivity index (χ4v) is 2.11. The van der Waals surface area contributed by atoms with Gasteiger partial charge in [-0.25, -0.2) is 12.8 Å². The van der Waals surface area contributed by atoms with Gasteiger partial charge >= 0.3 is 0 Å². The standard InChI is InChI=1S/C11H14BrFO3S/c1-8(2)17(14,15)6-5-16-9-3-4-10(12)11(13)7-9/h3-4,7-8H,5-6H2,1-2H3. The fourth-order valence-electron chi connectivity index (χ4n) is 1.08. The van der Waals surface area contributed by atoms with Crippen LogP contribution in [0.15, 0.2) is 22.7 Å². The van der Waals surface area contributed by atoms with E-state index in [0.29, 0.717) is 10.2 Å². The summed E-state index contributed by atoms with van der Waals surface area (Å²) >= 11 is 3.02. The molecule has 1 aromatic rings. The van der Waals surface area contributed by atoms with Crippen LogP contribution in [-0.2, 0) is 9.84 Å². The van der Waals surface area contributed by atoms with Crippen LogP contribution >= 0.6 is 15.9 Å². The number of benzene rings is 1. The third-order valence-electron chi connectivity index (χ3n) is 2.25. The molecule has 0 radical (unpaired) electrons. The summed E-state index contributed by atoms with van der Waals surface area (Å²) in [5.74, 6) is -0.179. The highest BCUT2D eigenvalue weighted by Gasteiger charge is 2.15. The van der Waals surface area contributed by atoms with Crippen LogP contribution in [0.1, 0.15) is 13.8 Å². The molecule has 0 spiro atoms. The van der Waals surface area contributed by atoms with Gasteiger partial charge in [0, 0.05) is 6.07 Å². The molecule has 0 aliphatic carbocycles. The highest BCUT2D eigenvalue weighted by atomic mass is 79.9. The van der Waals surface area contributed by atoms with Gasteiger partial charge in [0.2, 0.25) is 0 Å². The molecule has 0 N–H and O–H groups in total. The Balaban J connectivity index is 2.55. The Bertz CT molecular complexity index is 485. The van der Waals surface area contributed by atoms with Crippen LogP contribution in [0, 0.1) is 5.82 Å². The summed E-state index contributed by atoms with van der Waals surface area (Å²) in [6.45, 7) is 3.27. The van der Waals surface area contributed by atoms with Gasteiger partial charge in [-0.05, 0) is 41.9 Å². The molecule has 0 heterocycles. The Morgan fingerprint density at radius 2 is 2.06 bits per heavy atom. The maximum Gasteiger partial charge on any atom is 0.155 e. The normalized spacial score (nSPS) is 11.8. The second kappa shape index (κ2) is 5.82. The second-order valence-electron chi connectivity index (χ2n) is 3.84. The van der Waals surface area contributed by atoms with Gasteiger partial charge < -0.3 is 4.74 Å². The molecule has 6 heteroatoms. The van der Waals surface area contributed by atoms with E-state index in [1.807, 2.05) is 0 Å². The minimum absolute atomic E-state index is 0.0294. The molecule has 0 saturated carbocycles. The quantitative estimate of drug-likeness (QED) is 0.836. The predicted octanol–water partition coefficient (Wildman–Crippen LogP) is 2.79. The van der Waals surface area contributed by atoms with Gasteiger partial charge in [-0.15, -0.1) is 0 Å². The largest absolute Gasteiger partial charge is 0.492 e. The Labute approximate surface area is 109 Å². The zero-order valence-electron chi connectivity index (χ0n) is 9.61. The number of hydrogen-bond donors (Lipinski definition) is 0. The molecule has 0 atom stereocenters. The second-order valence-corrected chi connectivity index (χ2v) is 7.37. The lowest BCUT2D eigenvalue weighted by Gasteiger charge is -2.09. The molecule has 0 unspecified atom stereocenters. The van der Waals surface area contributed by atoms with Crippen molar-refractivity contribution in [2.75, 3.05) is 12.4 Å². The summed E-state index contributed by atoms with van der Waals surface area (Å²) in [5.41, 5.74) is 0. The molecule has 96 valence electrons. The van der Waals surface area contributed by atoms with Crippen LogP contribution in [-0.4, -0.2) is 26.0 Å². The number of sulfone groups is 1. The highest BCUT2D eigenvalue weighted by Crippen LogP contribution is 2.20. The van der Waals surface area contributed by atoms with E-state index >= 15 is 0 Å². The molecular weight excluding hydrogens is 311 g/mol. The summed E-state index contributed by atoms with van der Waals surface area (Å²) in [4.78, 5) is 0. The van der Waals surface area contributed by atoms with Gasteiger partial charge in [0.25, 0.3) is 0 Å². The van der Waals surface area contributed by atoms with E-state index < -0.39 is 20.9 Å². The molecule has 0 aromatic heterocycles. The number of hydrogen-bond acceptors (Lipinski definition) is 3. The monoisotopic (exact) mass is 324 g/mol. The Hall–Kier alpha value is -0.620. The van der Waals surface area contributed by atoms with Crippen molar-refractivity contribution in [3.05, 3.63) is 28.5 Å². The molecule has 0 saturated heterocycles. The molecule has 0 amide bonds. The van der Waals surface area contributed by atoms with Gasteiger partial charge in [0.15, 0.2) is 9.84 Å². The van der Waals surface area contributed by atoms with Crippen LogP contribution in [0.3, 0.4) is 0 Å². The van der Waals surface area contributed by atoms with Gasteiger partial charge in [0.05, 0.1) is 15.5 Å². The Morgan fingerprint density at radius 3 is 2.59 bits per heavy atom. The first-order chi connectivity index (χ1) is 7.83. The van der Waals surface area contributed by atoms with Gasteiger partial charge in [-0.2, -0.15) is 0 Å². The highest BCUT2D eigenvalue weighted by molar-refractivity contribution is 9.10. The maximum atomic E-state index is 13.1. The van der Waals surface area contributed by atoms with Gasteiger partial charge in [0.1, 0.15) is 18.2 Å². The van der Waals surface area contributed by atoms with Crippen molar-refractivity contribution >= 4 is 25.8 Å². The summed E-state index contributed by atoms with van der Waals surface area (Å²) in [6.07, 6.45) is 0. The number of halogens is 2. The van der Waals surface area contributed by atoms with Crippen LogP contribution in [0.5, 0.6) is 5.75 Å². The average Bonchev–Trinajstić information content (AvgIpc) is 2.23. The summed E-state index contributed by atoms with van der Waals surface area (Å²) < 4.78 is 41.6. The first-order valence-corrected chi connectivity index (χ1v) is 7.63. The topological polar surface area (TPSA) is 43.4 Å². The van der Waals surface area contributed by atoms with E-state index in [9.17, 15) is 12.8 Å². The first kappa shape index (κ1) is 14.4. The van der Waals surface area contributed by atoms with Crippen LogP contribution in [0.4, 0.5) is 4.39 Å². The lowest BCUT2D eigenvalue weighted by atomic mass is 10.3. The zero-order valence-corrected chi connectivity index (χ0v) is 12.0. The van der Waals surface area contributed by atoms with Gasteiger partial charge in [-0.3, -0.25) is 0 Å². The Morgan fingerprint density at radius 1 is 1.41 bits per heavy atom. The molecule has 3 nitrogen and oxygen atoms in total.